The van der Waals surface area contributed by atoms with Crippen LogP contribution in [0.25, 0.3) is 0 Å². The van der Waals surface area contributed by atoms with Gasteiger partial charge in [-0.25, -0.2) is 0 Å². The molecule has 10 heteroatoms. The molecule has 230 valence electrons. The molecule has 6 N–H and O–H groups in total. The molecule has 0 saturated heterocycles. The summed E-state index contributed by atoms with van der Waals surface area (Å²) in [6.45, 7) is 6.66. The Balaban J connectivity index is -0.000000205. The van der Waals surface area contributed by atoms with E-state index in [9.17, 15) is 0 Å². The van der Waals surface area contributed by atoms with Crippen LogP contribution in [-0.2, 0) is 0 Å². The summed E-state index contributed by atoms with van der Waals surface area (Å²) in [7, 11) is -2.62. The zero-order valence-corrected chi connectivity index (χ0v) is 27.6. The first-order valence-corrected chi connectivity index (χ1v) is 17.2. The first-order chi connectivity index (χ1) is 17.5. The van der Waals surface area contributed by atoms with Gasteiger partial charge in [-0.05, 0) is 19.3 Å². The van der Waals surface area contributed by atoms with E-state index in [0.29, 0.717) is 0 Å². The summed E-state index contributed by atoms with van der Waals surface area (Å²) in [4.78, 5) is 21.7. The Morgan fingerprint density at radius 3 is 0.730 bits per heavy atom. The lowest BCUT2D eigenvalue weighted by atomic mass is 10.1. The number of aliphatic hydroxyl groups excluding tert-OH is 3. The highest BCUT2D eigenvalue weighted by Crippen LogP contribution is 2.12. The van der Waals surface area contributed by atoms with Gasteiger partial charge in [-0.3, -0.25) is 0 Å². The summed E-state index contributed by atoms with van der Waals surface area (Å²) in [6.07, 6.45) is 25.6. The third-order valence-electron chi connectivity index (χ3n) is 5.45. The molecule has 0 saturated carbocycles. The predicted octanol–water partition coefficient (Wildman–Crippen LogP) is 8.15. The molecule has 3 atom stereocenters. The third-order valence-corrected chi connectivity index (χ3v) is 6.22. The molecule has 0 aliphatic carbocycles. The summed E-state index contributed by atoms with van der Waals surface area (Å²) in [5.74, 6) is 0. The molecular weight excluding hydrogens is 547 g/mol. The fourth-order valence-corrected chi connectivity index (χ4v) is 3.87. The van der Waals surface area contributed by atoms with Crippen molar-refractivity contribution in [2.45, 2.75) is 172 Å². The number of hydrogen-bond donors (Lipinski definition) is 9. The number of thiol groups is 3. The van der Waals surface area contributed by atoms with Crippen LogP contribution in [0.3, 0.4) is 0 Å². The van der Waals surface area contributed by atoms with Gasteiger partial charge in [0.1, 0.15) is 0 Å². The second-order valence-electron chi connectivity index (χ2n) is 9.38. The van der Waals surface area contributed by atoms with Crippen LogP contribution in [0, 0.1) is 0 Å². The molecule has 0 aromatic rings. The zero-order valence-electron chi connectivity index (χ0n) is 24.1. The standard InChI is InChI=1S/3C9H20OS.H3O3P/c3*1-2-3-4-5-6-7-8-9(10)11;1-4(2)3/h3*9-11H,2-8H2,1H3;1-3H. The summed E-state index contributed by atoms with van der Waals surface area (Å²) < 4.78 is 0. The van der Waals surface area contributed by atoms with Crippen LogP contribution in [0.1, 0.15) is 156 Å². The maximum absolute atomic E-state index is 8.82. The fourth-order valence-electron chi connectivity index (χ4n) is 3.32. The SMILES string of the molecule is CCCCCCCCC(O)S.CCCCCCCCC(O)S.CCCCCCCCC(O)S.OP(O)O. The van der Waals surface area contributed by atoms with Crippen molar-refractivity contribution in [3.05, 3.63) is 0 Å². The van der Waals surface area contributed by atoms with Crippen LogP contribution in [0.4, 0.5) is 0 Å². The molecule has 0 bridgehead atoms. The van der Waals surface area contributed by atoms with E-state index in [0.717, 1.165) is 38.5 Å². The van der Waals surface area contributed by atoms with Crippen molar-refractivity contribution in [2.75, 3.05) is 0 Å². The number of rotatable bonds is 21. The minimum absolute atomic E-state index is 0.402. The van der Waals surface area contributed by atoms with Gasteiger partial charge < -0.3 is 30.0 Å². The summed E-state index contributed by atoms with van der Waals surface area (Å²) in [5.41, 5.74) is -1.21. The molecule has 37 heavy (non-hydrogen) atoms. The molecule has 0 aliphatic rings. The lowest BCUT2D eigenvalue weighted by Crippen LogP contribution is -1.94. The Morgan fingerprint density at radius 1 is 0.405 bits per heavy atom. The van der Waals surface area contributed by atoms with Crippen LogP contribution in [0.5, 0.6) is 0 Å². The molecule has 0 aromatic carbocycles. The molecular formula is C27H63O6PS3. The van der Waals surface area contributed by atoms with Crippen molar-refractivity contribution < 1.29 is 30.0 Å². The van der Waals surface area contributed by atoms with Crippen molar-refractivity contribution in [1.82, 2.24) is 0 Å². The lowest BCUT2D eigenvalue weighted by molar-refractivity contribution is 0.249. The molecule has 0 amide bonds. The Morgan fingerprint density at radius 2 is 0.568 bits per heavy atom. The van der Waals surface area contributed by atoms with Crippen molar-refractivity contribution in [1.29, 1.82) is 0 Å². The largest absolute Gasteiger partial charge is 0.383 e. The molecule has 0 radical (unpaired) electrons. The first kappa shape index (κ1) is 45.2. The Labute approximate surface area is 247 Å². The molecule has 0 rings (SSSR count). The second-order valence-corrected chi connectivity index (χ2v) is 11.7. The maximum Gasteiger partial charge on any atom is 0.324 e. The third kappa shape index (κ3) is 72.6. The van der Waals surface area contributed by atoms with Gasteiger partial charge in [0.2, 0.25) is 0 Å². The Hall–Kier alpha value is 1.24. The van der Waals surface area contributed by atoms with Gasteiger partial charge in [0.15, 0.2) is 0 Å². The molecule has 0 aliphatic heterocycles. The van der Waals surface area contributed by atoms with Crippen LogP contribution < -0.4 is 0 Å². The van der Waals surface area contributed by atoms with Gasteiger partial charge in [-0.15, -0.1) is 37.9 Å². The normalized spacial score (nSPS) is 12.9. The number of hydrogen-bond acceptors (Lipinski definition) is 9. The minimum atomic E-state index is -2.62. The monoisotopic (exact) mass is 610 g/mol. The van der Waals surface area contributed by atoms with E-state index >= 15 is 0 Å². The van der Waals surface area contributed by atoms with Gasteiger partial charge >= 0.3 is 8.60 Å². The molecule has 0 heterocycles. The highest BCUT2D eigenvalue weighted by molar-refractivity contribution is 7.81. The van der Waals surface area contributed by atoms with Crippen molar-refractivity contribution in [3.8, 4) is 0 Å². The fraction of sp³-hybridized carbons (Fsp3) is 1.00. The van der Waals surface area contributed by atoms with E-state index in [2.05, 4.69) is 58.7 Å². The first-order valence-electron chi connectivity index (χ1n) is 14.5. The van der Waals surface area contributed by atoms with Crippen molar-refractivity contribution in [2.24, 2.45) is 0 Å². The average Bonchev–Trinajstić information content (AvgIpc) is 2.81. The van der Waals surface area contributed by atoms with Crippen LogP contribution in [0.2, 0.25) is 0 Å². The molecule has 6 nitrogen and oxygen atoms in total. The highest BCUT2D eigenvalue weighted by Gasteiger charge is 1.97. The van der Waals surface area contributed by atoms with E-state index in [1.54, 1.807) is 0 Å². The van der Waals surface area contributed by atoms with Crippen LogP contribution >= 0.6 is 46.5 Å². The second kappa shape index (κ2) is 41.7. The van der Waals surface area contributed by atoms with Crippen molar-refractivity contribution in [3.63, 3.8) is 0 Å². The Bertz CT molecular complexity index is 319. The van der Waals surface area contributed by atoms with Gasteiger partial charge in [-0.2, -0.15) is 0 Å². The quantitative estimate of drug-likeness (QED) is 0.0280. The van der Waals surface area contributed by atoms with E-state index in [1.807, 2.05) is 0 Å². The molecule has 0 fully saturated rings. The van der Waals surface area contributed by atoms with Crippen LogP contribution in [0.15, 0.2) is 0 Å². The predicted molar refractivity (Wildman–Crippen MR) is 173 cm³/mol. The zero-order chi connectivity index (χ0) is 29.2. The van der Waals surface area contributed by atoms with Gasteiger partial charge in [-0.1, -0.05) is 136 Å². The average molecular weight is 611 g/mol. The van der Waals surface area contributed by atoms with Crippen molar-refractivity contribution >= 4 is 46.5 Å². The number of aliphatic hydroxyl groups is 3. The minimum Gasteiger partial charge on any atom is -0.383 e. The summed E-state index contributed by atoms with van der Waals surface area (Å²) in [6, 6.07) is 0. The van der Waals surface area contributed by atoms with E-state index in [4.69, 9.17) is 30.0 Å². The maximum atomic E-state index is 8.82. The van der Waals surface area contributed by atoms with E-state index in [-0.39, 0.29) is 0 Å². The van der Waals surface area contributed by atoms with Crippen LogP contribution in [-0.4, -0.2) is 46.3 Å². The van der Waals surface area contributed by atoms with Gasteiger partial charge in [0.05, 0.1) is 16.3 Å². The summed E-state index contributed by atoms with van der Waals surface area (Å²) in [5, 5.41) is 26.5. The Kier molecular flexibility index (Phi) is 51.0. The molecule has 0 aromatic heterocycles. The number of unbranched alkanes of at least 4 members (excludes halogenated alkanes) is 15. The van der Waals surface area contributed by atoms with E-state index < -0.39 is 24.9 Å². The van der Waals surface area contributed by atoms with Gasteiger partial charge in [0.25, 0.3) is 0 Å². The summed E-state index contributed by atoms with van der Waals surface area (Å²) >= 11 is 11.7. The molecule has 3 unspecified atom stereocenters. The topological polar surface area (TPSA) is 121 Å². The lowest BCUT2D eigenvalue weighted by Gasteiger charge is -2.02. The van der Waals surface area contributed by atoms with Gasteiger partial charge in [0, 0.05) is 0 Å². The van der Waals surface area contributed by atoms with E-state index in [1.165, 1.54) is 96.3 Å². The smallest absolute Gasteiger partial charge is 0.324 e. The highest BCUT2D eigenvalue weighted by atomic mass is 32.1. The molecule has 0 spiro atoms.